The summed E-state index contributed by atoms with van der Waals surface area (Å²) in [6.07, 6.45) is 6.92. The number of alkyl halides is 1. The third kappa shape index (κ3) is 3.23. The number of rotatable bonds is 3. The molecule has 0 radical (unpaired) electrons. The lowest BCUT2D eigenvalue weighted by molar-refractivity contribution is 0.155. The summed E-state index contributed by atoms with van der Waals surface area (Å²) in [5, 5.41) is 0.913. The van der Waals surface area contributed by atoms with Crippen molar-refractivity contribution in [1.29, 1.82) is 0 Å². The quantitative estimate of drug-likeness (QED) is 0.744. The third-order valence-electron chi connectivity index (χ3n) is 2.93. The summed E-state index contributed by atoms with van der Waals surface area (Å²) < 4.78 is 5.94. The fraction of sp³-hybridized carbons (Fsp3) is 0.538. The monoisotopic (exact) mass is 268 g/mol. The van der Waals surface area contributed by atoms with Gasteiger partial charge in [-0.2, -0.15) is 0 Å². The molecule has 0 aliphatic heterocycles. The van der Waals surface area contributed by atoms with Crippen molar-refractivity contribution in [2.75, 3.05) is 0 Å². The lowest BCUT2D eigenvalue weighted by Crippen LogP contribution is -2.19. The second-order valence-electron chi connectivity index (χ2n) is 4.16. The van der Waals surface area contributed by atoms with Crippen molar-refractivity contribution in [3.8, 4) is 5.75 Å². The first-order valence-electron chi connectivity index (χ1n) is 5.70. The molecule has 0 aromatic heterocycles. The van der Waals surface area contributed by atoms with Crippen LogP contribution in [-0.4, -0.2) is 6.10 Å². The number of hydrogen-bond acceptors (Lipinski definition) is 1. The SMILES string of the molecule is BrCc1ccc(OC2CCCCC2)cc1. The highest BCUT2D eigenvalue weighted by molar-refractivity contribution is 9.08. The molecule has 0 unspecified atom stereocenters. The Hall–Kier alpha value is -0.500. The zero-order chi connectivity index (χ0) is 10.5. The molecular formula is C13H17BrO. The van der Waals surface area contributed by atoms with Crippen LogP contribution in [0.1, 0.15) is 37.7 Å². The van der Waals surface area contributed by atoms with E-state index in [1.807, 2.05) is 0 Å². The molecule has 15 heavy (non-hydrogen) atoms. The molecule has 82 valence electrons. The first-order valence-corrected chi connectivity index (χ1v) is 6.82. The minimum atomic E-state index is 0.452. The first kappa shape index (κ1) is 11.0. The summed E-state index contributed by atoms with van der Waals surface area (Å²) >= 11 is 3.44. The van der Waals surface area contributed by atoms with Crippen LogP contribution in [-0.2, 0) is 5.33 Å². The molecule has 0 spiro atoms. The van der Waals surface area contributed by atoms with Gasteiger partial charge in [0, 0.05) is 5.33 Å². The summed E-state index contributed by atoms with van der Waals surface area (Å²) in [5.74, 6) is 1.02. The smallest absolute Gasteiger partial charge is 0.119 e. The minimum Gasteiger partial charge on any atom is -0.490 e. The van der Waals surface area contributed by atoms with Crippen LogP contribution in [0, 0.1) is 0 Å². The predicted octanol–water partition coefficient (Wildman–Crippen LogP) is 4.29. The van der Waals surface area contributed by atoms with Gasteiger partial charge >= 0.3 is 0 Å². The highest BCUT2D eigenvalue weighted by Crippen LogP contribution is 2.23. The highest BCUT2D eigenvalue weighted by atomic mass is 79.9. The normalized spacial score (nSPS) is 17.7. The number of benzene rings is 1. The van der Waals surface area contributed by atoms with Gasteiger partial charge < -0.3 is 4.74 Å². The summed E-state index contributed by atoms with van der Waals surface area (Å²) in [6.45, 7) is 0. The van der Waals surface area contributed by atoms with E-state index in [4.69, 9.17) is 4.74 Å². The van der Waals surface area contributed by atoms with Crippen molar-refractivity contribution in [3.63, 3.8) is 0 Å². The van der Waals surface area contributed by atoms with Crippen molar-refractivity contribution in [3.05, 3.63) is 29.8 Å². The predicted molar refractivity (Wildman–Crippen MR) is 66.6 cm³/mol. The Morgan fingerprint density at radius 1 is 1.07 bits per heavy atom. The molecule has 2 rings (SSSR count). The van der Waals surface area contributed by atoms with E-state index in [0.29, 0.717) is 6.10 Å². The average Bonchev–Trinajstić information content (AvgIpc) is 2.31. The summed E-state index contributed by atoms with van der Waals surface area (Å²) in [6, 6.07) is 8.39. The van der Waals surface area contributed by atoms with Crippen LogP contribution in [0.3, 0.4) is 0 Å². The van der Waals surface area contributed by atoms with Crippen LogP contribution in [0.2, 0.25) is 0 Å². The minimum absolute atomic E-state index is 0.452. The standard InChI is InChI=1S/C13H17BrO/c14-10-11-6-8-13(9-7-11)15-12-4-2-1-3-5-12/h6-9,12H,1-5,10H2. The van der Waals surface area contributed by atoms with Gasteiger partial charge in [-0.1, -0.05) is 34.5 Å². The van der Waals surface area contributed by atoms with E-state index in [2.05, 4.69) is 40.2 Å². The average molecular weight is 269 g/mol. The molecule has 1 fully saturated rings. The topological polar surface area (TPSA) is 9.23 Å². The molecule has 1 aliphatic carbocycles. The maximum absolute atomic E-state index is 5.94. The Morgan fingerprint density at radius 3 is 2.33 bits per heavy atom. The van der Waals surface area contributed by atoms with Crippen molar-refractivity contribution >= 4 is 15.9 Å². The molecule has 1 aromatic carbocycles. The van der Waals surface area contributed by atoms with E-state index in [1.165, 1.54) is 37.7 Å². The Balaban J connectivity index is 1.91. The molecule has 0 bridgehead atoms. The molecule has 0 heterocycles. The van der Waals surface area contributed by atoms with Gasteiger partial charge in [-0.3, -0.25) is 0 Å². The van der Waals surface area contributed by atoms with Gasteiger partial charge in [0.15, 0.2) is 0 Å². The lowest BCUT2D eigenvalue weighted by Gasteiger charge is -2.23. The molecule has 0 N–H and O–H groups in total. The van der Waals surface area contributed by atoms with Gasteiger partial charge in [-0.05, 0) is 43.4 Å². The Labute approximate surface area is 100.0 Å². The fourth-order valence-electron chi connectivity index (χ4n) is 2.03. The maximum atomic E-state index is 5.94. The van der Waals surface area contributed by atoms with E-state index >= 15 is 0 Å². The van der Waals surface area contributed by atoms with Crippen LogP contribution in [0.4, 0.5) is 0 Å². The van der Waals surface area contributed by atoms with Gasteiger partial charge in [-0.25, -0.2) is 0 Å². The molecule has 2 heteroatoms. The van der Waals surface area contributed by atoms with Gasteiger partial charge in [0.1, 0.15) is 5.75 Å². The van der Waals surface area contributed by atoms with Crippen LogP contribution < -0.4 is 4.74 Å². The van der Waals surface area contributed by atoms with Gasteiger partial charge in [-0.15, -0.1) is 0 Å². The van der Waals surface area contributed by atoms with Crippen molar-refractivity contribution in [1.82, 2.24) is 0 Å². The van der Waals surface area contributed by atoms with Crippen molar-refractivity contribution in [2.45, 2.75) is 43.5 Å². The van der Waals surface area contributed by atoms with E-state index < -0.39 is 0 Å². The first-order chi connectivity index (χ1) is 7.38. The van der Waals surface area contributed by atoms with Gasteiger partial charge in [0.2, 0.25) is 0 Å². The number of halogens is 1. The molecule has 0 atom stereocenters. The van der Waals surface area contributed by atoms with Crippen molar-refractivity contribution in [2.24, 2.45) is 0 Å². The Kier molecular flexibility index (Phi) is 4.07. The lowest BCUT2D eigenvalue weighted by atomic mass is 9.98. The zero-order valence-electron chi connectivity index (χ0n) is 8.92. The number of hydrogen-bond donors (Lipinski definition) is 0. The Bertz CT molecular complexity index is 288. The molecule has 1 nitrogen and oxygen atoms in total. The number of ether oxygens (including phenoxy) is 1. The van der Waals surface area contributed by atoms with E-state index in [-0.39, 0.29) is 0 Å². The molecule has 1 aromatic rings. The summed E-state index contributed by atoms with van der Waals surface area (Å²) in [5.41, 5.74) is 1.30. The summed E-state index contributed by atoms with van der Waals surface area (Å²) in [7, 11) is 0. The van der Waals surface area contributed by atoms with Crippen LogP contribution in [0.5, 0.6) is 5.75 Å². The van der Waals surface area contributed by atoms with Crippen molar-refractivity contribution < 1.29 is 4.74 Å². The second kappa shape index (κ2) is 5.55. The maximum Gasteiger partial charge on any atom is 0.119 e. The van der Waals surface area contributed by atoms with Gasteiger partial charge in [0.25, 0.3) is 0 Å². The van der Waals surface area contributed by atoms with Gasteiger partial charge in [0.05, 0.1) is 6.10 Å². The van der Waals surface area contributed by atoms with Crippen LogP contribution in [0.25, 0.3) is 0 Å². The van der Waals surface area contributed by atoms with Crippen LogP contribution >= 0.6 is 15.9 Å². The fourth-order valence-corrected chi connectivity index (χ4v) is 2.41. The molecule has 0 saturated heterocycles. The second-order valence-corrected chi connectivity index (χ2v) is 4.72. The van der Waals surface area contributed by atoms with E-state index in [9.17, 15) is 0 Å². The molecule has 1 saturated carbocycles. The van der Waals surface area contributed by atoms with E-state index in [1.54, 1.807) is 0 Å². The van der Waals surface area contributed by atoms with Crippen LogP contribution in [0.15, 0.2) is 24.3 Å². The highest BCUT2D eigenvalue weighted by Gasteiger charge is 2.14. The summed E-state index contributed by atoms with van der Waals surface area (Å²) in [4.78, 5) is 0. The molecular weight excluding hydrogens is 252 g/mol. The molecule has 0 amide bonds. The third-order valence-corrected chi connectivity index (χ3v) is 3.58. The molecule has 1 aliphatic rings. The largest absolute Gasteiger partial charge is 0.490 e. The van der Waals surface area contributed by atoms with E-state index in [0.717, 1.165) is 11.1 Å². The zero-order valence-corrected chi connectivity index (χ0v) is 10.5. The Morgan fingerprint density at radius 2 is 1.73 bits per heavy atom.